The molecule has 0 bridgehead atoms. The maximum absolute atomic E-state index is 12.5. The number of carbonyl (C=O) groups excluding carboxylic acids is 1. The molecule has 0 aromatic heterocycles. The molecule has 3 unspecified atom stereocenters. The molecule has 2 aromatic rings. The van der Waals surface area contributed by atoms with Crippen LogP contribution in [0.25, 0.3) is 10.8 Å². The molecular weight excluding hydrogens is 406 g/mol. The second-order valence-corrected chi connectivity index (χ2v) is 12.4. The summed E-state index contributed by atoms with van der Waals surface area (Å²) in [5.41, 5.74) is 0.653. The van der Waals surface area contributed by atoms with Crippen LogP contribution in [0, 0.1) is 34.5 Å². The molecular formula is C30H39NO2. The van der Waals surface area contributed by atoms with Gasteiger partial charge in [0, 0.05) is 24.9 Å². The Labute approximate surface area is 198 Å². The van der Waals surface area contributed by atoms with E-state index in [2.05, 4.69) is 75.2 Å². The average molecular weight is 446 g/mol. The summed E-state index contributed by atoms with van der Waals surface area (Å²) in [4.78, 5) is 14.6. The van der Waals surface area contributed by atoms with Crippen LogP contribution in [0.2, 0.25) is 0 Å². The molecule has 6 rings (SSSR count). The van der Waals surface area contributed by atoms with Gasteiger partial charge in [0.15, 0.2) is 0 Å². The van der Waals surface area contributed by atoms with Gasteiger partial charge in [-0.15, -0.1) is 0 Å². The van der Waals surface area contributed by atoms with Crippen molar-refractivity contribution in [3.8, 4) is 5.75 Å². The molecule has 3 aliphatic carbocycles. The standard InChI is InChI=1S/C30H39NO2/c1-19-16-26-30(3,15-13-27(32)31(26)4)23-12-14-29(2)18-21(17-24(29)28(19)23)33-25-11-7-9-20-8-5-6-10-22(20)25/h5-11,19,21,23-24,26,28H,12-18H2,1-4H3/t19?,21?,23-,24+,26?,28-,29-,30-/m1/s1. The second-order valence-electron chi connectivity index (χ2n) is 12.4. The Kier molecular flexibility index (Phi) is 4.88. The first-order chi connectivity index (χ1) is 15.8. The van der Waals surface area contributed by atoms with Crippen LogP contribution in [0.4, 0.5) is 0 Å². The molecule has 0 N–H and O–H groups in total. The molecule has 2 aromatic carbocycles. The zero-order valence-corrected chi connectivity index (χ0v) is 20.7. The quantitative estimate of drug-likeness (QED) is 0.515. The largest absolute Gasteiger partial charge is 0.490 e. The fourth-order valence-electron chi connectivity index (χ4n) is 9.02. The normalized spacial score (nSPS) is 42.5. The lowest BCUT2D eigenvalue weighted by atomic mass is 9.45. The Morgan fingerprint density at radius 3 is 2.64 bits per heavy atom. The Hall–Kier alpha value is -2.03. The SMILES string of the molecule is CC1CC2N(C)C(=O)CC[C@]2(C)[C@@H]2CC[C@]3(C)CC(Oc4cccc5ccccc45)C[C@H]3[C@H]12. The number of nitrogens with zero attached hydrogens (tertiary/aromatic N) is 1. The van der Waals surface area contributed by atoms with Crippen molar-refractivity contribution in [2.45, 2.75) is 77.9 Å². The lowest BCUT2D eigenvalue weighted by Crippen LogP contribution is -2.62. The molecule has 1 aliphatic heterocycles. The molecule has 0 spiro atoms. The number of hydrogen-bond donors (Lipinski definition) is 0. The van der Waals surface area contributed by atoms with E-state index in [9.17, 15) is 4.79 Å². The van der Waals surface area contributed by atoms with Gasteiger partial charge in [-0.2, -0.15) is 0 Å². The number of likely N-dealkylation sites (tertiary alicyclic amines) is 1. The van der Waals surface area contributed by atoms with Crippen molar-refractivity contribution < 1.29 is 9.53 Å². The molecule has 8 atom stereocenters. The average Bonchev–Trinajstić information content (AvgIpc) is 3.14. The molecule has 0 radical (unpaired) electrons. The minimum absolute atomic E-state index is 0.274. The Balaban J connectivity index is 1.28. The zero-order chi connectivity index (χ0) is 23.0. The number of fused-ring (bicyclic) bond motifs is 6. The second kappa shape index (κ2) is 7.48. The summed E-state index contributed by atoms with van der Waals surface area (Å²) < 4.78 is 6.77. The van der Waals surface area contributed by atoms with Crippen LogP contribution in [0.5, 0.6) is 5.75 Å². The molecule has 3 saturated carbocycles. The Morgan fingerprint density at radius 2 is 1.79 bits per heavy atom. The fourth-order valence-corrected chi connectivity index (χ4v) is 9.02. The van der Waals surface area contributed by atoms with Crippen LogP contribution in [0.15, 0.2) is 42.5 Å². The van der Waals surface area contributed by atoms with Crippen LogP contribution < -0.4 is 4.74 Å². The summed E-state index contributed by atoms with van der Waals surface area (Å²) in [5, 5.41) is 2.49. The minimum Gasteiger partial charge on any atom is -0.490 e. The first-order valence-corrected chi connectivity index (χ1v) is 13.2. The summed E-state index contributed by atoms with van der Waals surface area (Å²) in [5.74, 6) is 4.29. The van der Waals surface area contributed by atoms with Crippen LogP contribution in [0.1, 0.15) is 65.7 Å². The van der Waals surface area contributed by atoms with E-state index in [4.69, 9.17) is 4.74 Å². The zero-order valence-electron chi connectivity index (χ0n) is 20.7. The number of ether oxygens (including phenoxy) is 1. The summed E-state index contributed by atoms with van der Waals surface area (Å²) in [6.07, 6.45) is 8.26. The monoisotopic (exact) mass is 445 g/mol. The topological polar surface area (TPSA) is 29.5 Å². The van der Waals surface area contributed by atoms with Crippen LogP contribution in [-0.2, 0) is 4.79 Å². The fraction of sp³-hybridized carbons (Fsp3) is 0.633. The predicted octanol–water partition coefficient (Wildman–Crippen LogP) is 6.70. The molecule has 4 aliphatic rings. The van der Waals surface area contributed by atoms with Gasteiger partial charge >= 0.3 is 0 Å². The summed E-state index contributed by atoms with van der Waals surface area (Å²) in [6.45, 7) is 7.55. The van der Waals surface area contributed by atoms with E-state index in [0.29, 0.717) is 29.4 Å². The van der Waals surface area contributed by atoms with Crippen LogP contribution in [-0.4, -0.2) is 30.0 Å². The van der Waals surface area contributed by atoms with Crippen molar-refractivity contribution in [3.63, 3.8) is 0 Å². The van der Waals surface area contributed by atoms with Crippen molar-refractivity contribution in [1.82, 2.24) is 4.90 Å². The highest BCUT2D eigenvalue weighted by molar-refractivity contribution is 5.88. The van der Waals surface area contributed by atoms with Gasteiger partial charge in [0.25, 0.3) is 0 Å². The van der Waals surface area contributed by atoms with E-state index in [1.807, 2.05) is 0 Å². The summed E-state index contributed by atoms with van der Waals surface area (Å²) in [7, 11) is 2.06. The van der Waals surface area contributed by atoms with Gasteiger partial charge in [0.1, 0.15) is 5.75 Å². The van der Waals surface area contributed by atoms with E-state index in [-0.39, 0.29) is 5.41 Å². The number of amides is 1. The minimum atomic E-state index is 0.274. The van der Waals surface area contributed by atoms with E-state index in [1.165, 1.54) is 42.9 Å². The molecule has 33 heavy (non-hydrogen) atoms. The molecule has 1 saturated heterocycles. The highest BCUT2D eigenvalue weighted by Crippen LogP contribution is 2.66. The van der Waals surface area contributed by atoms with Gasteiger partial charge in [-0.1, -0.05) is 57.2 Å². The molecule has 176 valence electrons. The molecule has 3 nitrogen and oxygen atoms in total. The first-order valence-electron chi connectivity index (χ1n) is 13.2. The van der Waals surface area contributed by atoms with Gasteiger partial charge in [0.05, 0.1) is 6.10 Å². The van der Waals surface area contributed by atoms with Crippen LogP contribution in [0.3, 0.4) is 0 Å². The van der Waals surface area contributed by atoms with Crippen LogP contribution >= 0.6 is 0 Å². The maximum Gasteiger partial charge on any atom is 0.222 e. The van der Waals surface area contributed by atoms with E-state index >= 15 is 0 Å². The highest BCUT2D eigenvalue weighted by atomic mass is 16.5. The van der Waals surface area contributed by atoms with E-state index < -0.39 is 0 Å². The van der Waals surface area contributed by atoms with Gasteiger partial charge in [-0.05, 0) is 84.5 Å². The van der Waals surface area contributed by atoms with Gasteiger partial charge in [0.2, 0.25) is 5.91 Å². The number of piperidine rings is 1. The summed E-state index contributed by atoms with van der Waals surface area (Å²) >= 11 is 0. The molecule has 4 fully saturated rings. The Morgan fingerprint density at radius 1 is 1.00 bits per heavy atom. The molecule has 3 heteroatoms. The predicted molar refractivity (Wildman–Crippen MR) is 133 cm³/mol. The van der Waals surface area contributed by atoms with Crippen molar-refractivity contribution in [3.05, 3.63) is 42.5 Å². The third kappa shape index (κ3) is 3.17. The lowest BCUT2D eigenvalue weighted by molar-refractivity contribution is -0.164. The summed E-state index contributed by atoms with van der Waals surface area (Å²) in [6, 6.07) is 15.5. The van der Waals surface area contributed by atoms with E-state index in [1.54, 1.807) is 0 Å². The smallest absolute Gasteiger partial charge is 0.222 e. The third-order valence-corrected chi connectivity index (χ3v) is 10.7. The van der Waals surface area contributed by atoms with Crippen molar-refractivity contribution in [2.75, 3.05) is 7.05 Å². The van der Waals surface area contributed by atoms with Gasteiger partial charge < -0.3 is 9.64 Å². The third-order valence-electron chi connectivity index (χ3n) is 10.7. The van der Waals surface area contributed by atoms with Crippen molar-refractivity contribution in [2.24, 2.45) is 34.5 Å². The number of rotatable bonds is 2. The first kappa shape index (κ1) is 21.5. The maximum atomic E-state index is 12.5. The molecule has 1 amide bonds. The highest BCUT2D eigenvalue weighted by Gasteiger charge is 2.62. The van der Waals surface area contributed by atoms with Gasteiger partial charge in [-0.25, -0.2) is 0 Å². The lowest BCUT2D eigenvalue weighted by Gasteiger charge is -2.63. The van der Waals surface area contributed by atoms with Crippen molar-refractivity contribution >= 4 is 16.7 Å². The molecule has 1 heterocycles. The van der Waals surface area contributed by atoms with Crippen molar-refractivity contribution in [1.29, 1.82) is 0 Å². The number of benzene rings is 2. The van der Waals surface area contributed by atoms with Gasteiger partial charge in [-0.3, -0.25) is 4.79 Å². The number of hydrogen-bond acceptors (Lipinski definition) is 2. The Bertz CT molecular complexity index is 1070. The number of carbonyl (C=O) groups is 1. The van der Waals surface area contributed by atoms with E-state index in [0.717, 1.165) is 36.3 Å².